The average molecular weight is 348 g/mol. The van der Waals surface area contributed by atoms with Gasteiger partial charge in [-0.2, -0.15) is 5.10 Å². The Morgan fingerprint density at radius 1 is 1.12 bits per heavy atom. The molecule has 1 aromatic carbocycles. The van der Waals surface area contributed by atoms with Crippen molar-refractivity contribution >= 4 is 22.7 Å². The summed E-state index contributed by atoms with van der Waals surface area (Å²) in [5.41, 5.74) is 16.1. The number of aromatic amines is 1. The minimum atomic E-state index is -1.20. The third-order valence-electron chi connectivity index (χ3n) is 4.32. The molecule has 3 aromatic rings. The lowest BCUT2D eigenvalue weighted by atomic mass is 10.1. The predicted octanol–water partition coefficient (Wildman–Crippen LogP) is 1.04. The summed E-state index contributed by atoms with van der Waals surface area (Å²) in [5.74, 6) is -0.400. The molecule has 132 valence electrons. The molecule has 2 aromatic heterocycles. The van der Waals surface area contributed by atoms with Crippen LogP contribution in [0.3, 0.4) is 0 Å². The fourth-order valence-electron chi connectivity index (χ4n) is 2.94. The van der Waals surface area contributed by atoms with E-state index in [1.807, 2.05) is 36.5 Å². The first kappa shape index (κ1) is 16.2. The molecule has 8 heteroatoms. The van der Waals surface area contributed by atoms with E-state index in [1.165, 1.54) is 5.56 Å². The average Bonchev–Trinajstić information content (AvgIpc) is 3.09. The number of nitrogens with one attached hydrogen (secondary N) is 2. The highest BCUT2D eigenvalue weighted by Gasteiger charge is 2.29. The molecule has 1 aliphatic rings. The number of nitrogens with two attached hydrogens (primary N) is 2. The van der Waals surface area contributed by atoms with Gasteiger partial charge in [-0.3, -0.25) is 15.8 Å². The smallest absolute Gasteiger partial charge is 0.213 e. The van der Waals surface area contributed by atoms with Crippen LogP contribution in [0.2, 0.25) is 0 Å². The highest BCUT2D eigenvalue weighted by molar-refractivity contribution is 6.10. The third kappa shape index (κ3) is 3.14. The van der Waals surface area contributed by atoms with Gasteiger partial charge < -0.3 is 11.1 Å². The molecule has 4 rings (SSSR count). The van der Waals surface area contributed by atoms with Crippen molar-refractivity contribution in [1.29, 1.82) is 0 Å². The number of pyridine rings is 1. The molecular weight excluding hydrogens is 328 g/mol. The first-order chi connectivity index (χ1) is 12.5. The molecule has 26 heavy (non-hydrogen) atoms. The van der Waals surface area contributed by atoms with Gasteiger partial charge in [0.2, 0.25) is 5.79 Å². The van der Waals surface area contributed by atoms with Crippen LogP contribution in [0.1, 0.15) is 23.7 Å². The minimum Gasteiger partial charge on any atom is -0.370 e. The van der Waals surface area contributed by atoms with Crippen molar-refractivity contribution in [2.45, 2.75) is 25.6 Å². The van der Waals surface area contributed by atoms with E-state index >= 15 is 0 Å². The molecule has 0 aliphatic carbocycles. The second-order valence-corrected chi connectivity index (χ2v) is 6.32. The lowest BCUT2D eigenvalue weighted by Gasteiger charge is -2.27. The van der Waals surface area contributed by atoms with Crippen molar-refractivity contribution in [2.75, 3.05) is 0 Å². The number of guanidine groups is 1. The fourth-order valence-corrected chi connectivity index (χ4v) is 2.94. The predicted molar refractivity (Wildman–Crippen MR) is 102 cm³/mol. The zero-order chi connectivity index (χ0) is 18.1. The number of nitrogens with zero attached hydrogens (tertiary/aromatic N) is 4. The van der Waals surface area contributed by atoms with Crippen molar-refractivity contribution in [1.82, 2.24) is 20.5 Å². The second kappa shape index (κ2) is 6.23. The van der Waals surface area contributed by atoms with Gasteiger partial charge in [0, 0.05) is 29.3 Å². The van der Waals surface area contributed by atoms with Crippen LogP contribution in [0.15, 0.2) is 52.7 Å². The largest absolute Gasteiger partial charge is 0.370 e. The van der Waals surface area contributed by atoms with Crippen molar-refractivity contribution in [3.8, 4) is 0 Å². The summed E-state index contributed by atoms with van der Waals surface area (Å²) in [5, 5.41) is 11.0. The highest BCUT2D eigenvalue weighted by Crippen LogP contribution is 2.19. The molecular formula is C18H20N8. The number of fused-ring (bicyclic) bond motifs is 1. The first-order valence-corrected chi connectivity index (χ1v) is 8.43. The van der Waals surface area contributed by atoms with E-state index in [2.05, 4.69) is 37.4 Å². The SMILES string of the molecule is CCc1ccc(CC2(N)N=C(N)NC(c3ccc4cn[nH]c4c3)=N2)nc1. The van der Waals surface area contributed by atoms with Gasteiger partial charge in [0.1, 0.15) is 5.84 Å². The minimum absolute atomic E-state index is 0.229. The molecule has 3 heterocycles. The van der Waals surface area contributed by atoms with Crippen molar-refractivity contribution < 1.29 is 0 Å². The number of aryl methyl sites for hydroxylation is 1. The van der Waals surface area contributed by atoms with Crippen LogP contribution in [0.4, 0.5) is 0 Å². The molecule has 8 nitrogen and oxygen atoms in total. The number of H-pyrrole nitrogens is 1. The van der Waals surface area contributed by atoms with E-state index in [1.54, 1.807) is 6.20 Å². The Kier molecular flexibility index (Phi) is 3.89. The summed E-state index contributed by atoms with van der Waals surface area (Å²) >= 11 is 0. The lowest BCUT2D eigenvalue weighted by molar-refractivity contribution is 0.453. The summed E-state index contributed by atoms with van der Waals surface area (Å²) < 4.78 is 0. The third-order valence-corrected chi connectivity index (χ3v) is 4.32. The lowest BCUT2D eigenvalue weighted by Crippen LogP contribution is -2.51. The van der Waals surface area contributed by atoms with Crippen LogP contribution in [-0.4, -0.2) is 32.8 Å². The number of hydrogen-bond acceptors (Lipinski definition) is 7. The van der Waals surface area contributed by atoms with Gasteiger partial charge in [-0.25, -0.2) is 9.98 Å². The molecule has 1 aliphatic heterocycles. The van der Waals surface area contributed by atoms with E-state index in [-0.39, 0.29) is 5.96 Å². The second-order valence-electron chi connectivity index (χ2n) is 6.32. The zero-order valence-electron chi connectivity index (χ0n) is 14.4. The van der Waals surface area contributed by atoms with Crippen molar-refractivity contribution in [3.63, 3.8) is 0 Å². The Bertz CT molecular complexity index is 1000. The van der Waals surface area contributed by atoms with Gasteiger partial charge in [-0.05, 0) is 24.1 Å². The van der Waals surface area contributed by atoms with E-state index < -0.39 is 5.79 Å². The highest BCUT2D eigenvalue weighted by atomic mass is 15.3. The molecule has 0 bridgehead atoms. The zero-order valence-corrected chi connectivity index (χ0v) is 14.4. The number of benzene rings is 1. The Hall–Kier alpha value is -3.26. The summed E-state index contributed by atoms with van der Waals surface area (Å²) in [6.45, 7) is 2.09. The summed E-state index contributed by atoms with van der Waals surface area (Å²) in [6, 6.07) is 9.84. The number of aromatic nitrogens is 3. The topological polar surface area (TPSA) is 130 Å². The Balaban J connectivity index is 1.66. The van der Waals surface area contributed by atoms with Gasteiger partial charge in [-0.1, -0.05) is 25.1 Å². The van der Waals surface area contributed by atoms with Crippen molar-refractivity contribution in [2.24, 2.45) is 21.5 Å². The molecule has 1 atom stereocenters. The quantitative estimate of drug-likeness (QED) is 0.559. The van der Waals surface area contributed by atoms with E-state index in [4.69, 9.17) is 11.5 Å². The molecule has 0 saturated carbocycles. The van der Waals surface area contributed by atoms with E-state index in [0.29, 0.717) is 12.3 Å². The Morgan fingerprint density at radius 3 is 2.77 bits per heavy atom. The van der Waals surface area contributed by atoms with E-state index in [0.717, 1.165) is 28.6 Å². The molecule has 0 fully saturated rings. The molecule has 0 radical (unpaired) electrons. The van der Waals surface area contributed by atoms with Crippen LogP contribution in [0, 0.1) is 0 Å². The summed E-state index contributed by atoms with van der Waals surface area (Å²) in [7, 11) is 0. The van der Waals surface area contributed by atoms with Gasteiger partial charge in [-0.15, -0.1) is 0 Å². The fraction of sp³-hybridized carbons (Fsp3) is 0.222. The summed E-state index contributed by atoms with van der Waals surface area (Å²) in [6.07, 6.45) is 4.91. The number of amidine groups is 1. The molecule has 0 amide bonds. The van der Waals surface area contributed by atoms with Gasteiger partial charge in [0.05, 0.1) is 11.7 Å². The molecule has 1 unspecified atom stereocenters. The molecule has 0 saturated heterocycles. The van der Waals surface area contributed by atoms with Crippen LogP contribution < -0.4 is 16.8 Å². The van der Waals surface area contributed by atoms with Crippen LogP contribution in [0.25, 0.3) is 10.9 Å². The first-order valence-electron chi connectivity index (χ1n) is 8.43. The molecule has 6 N–H and O–H groups in total. The standard InChI is InChI=1S/C18H20N8/c1-2-11-3-6-14(21-9-11)8-18(20)24-16(23-17(19)25-18)12-4-5-13-10-22-26-15(13)7-12/h3-7,9-10H,2,8,20H2,1H3,(H,22,26)(H3,19,23,24,25). The number of hydrogen-bond donors (Lipinski definition) is 4. The molecule has 0 spiro atoms. The van der Waals surface area contributed by atoms with Gasteiger partial charge in [0.15, 0.2) is 5.96 Å². The van der Waals surface area contributed by atoms with Crippen LogP contribution in [-0.2, 0) is 12.8 Å². The number of rotatable bonds is 4. The maximum Gasteiger partial charge on any atom is 0.213 e. The van der Waals surface area contributed by atoms with Gasteiger partial charge >= 0.3 is 0 Å². The van der Waals surface area contributed by atoms with Crippen LogP contribution in [0.5, 0.6) is 0 Å². The summed E-state index contributed by atoms with van der Waals surface area (Å²) in [4.78, 5) is 13.4. The maximum atomic E-state index is 6.42. The number of aliphatic imine (C=N–C) groups is 2. The Morgan fingerprint density at radius 2 is 2.00 bits per heavy atom. The monoisotopic (exact) mass is 348 g/mol. The normalized spacial score (nSPS) is 19.8. The Labute approximate surface area is 150 Å². The van der Waals surface area contributed by atoms with Gasteiger partial charge in [0.25, 0.3) is 0 Å². The maximum absolute atomic E-state index is 6.42. The van der Waals surface area contributed by atoms with E-state index in [9.17, 15) is 0 Å². The van der Waals surface area contributed by atoms with Crippen LogP contribution >= 0.6 is 0 Å². The van der Waals surface area contributed by atoms with Crippen molar-refractivity contribution in [3.05, 3.63) is 59.5 Å².